The number of rotatable bonds is 7. The number of aromatic nitrogens is 2. The monoisotopic (exact) mass is 506 g/mol. The summed E-state index contributed by atoms with van der Waals surface area (Å²) in [5.74, 6) is 0.509. The van der Waals surface area contributed by atoms with E-state index in [9.17, 15) is 17.6 Å². The number of alkyl halides is 1. The minimum atomic E-state index is -3.90. The van der Waals surface area contributed by atoms with Gasteiger partial charge in [-0.25, -0.2) is 22.9 Å². The van der Waals surface area contributed by atoms with Gasteiger partial charge in [-0.1, -0.05) is 17.7 Å². The predicted octanol–water partition coefficient (Wildman–Crippen LogP) is 3.27. The molecule has 13 heteroatoms. The largest absolute Gasteiger partial charge is 0.482 e. The Balaban J connectivity index is 1.60. The molecule has 2 heterocycles. The highest BCUT2D eigenvalue weighted by molar-refractivity contribution is 7.89. The molecule has 0 spiro atoms. The predicted molar refractivity (Wildman–Crippen MR) is 126 cm³/mol. The number of hydrogen-bond donors (Lipinski definition) is 3. The van der Waals surface area contributed by atoms with Gasteiger partial charge in [0.25, 0.3) is 5.91 Å². The number of aryl methyl sites for hydroxylation is 1. The maximum atomic E-state index is 12.9. The van der Waals surface area contributed by atoms with Crippen LogP contribution in [0.5, 0.6) is 5.75 Å². The molecule has 10 nitrogen and oxygen atoms in total. The van der Waals surface area contributed by atoms with Crippen molar-refractivity contribution in [2.75, 3.05) is 35.4 Å². The Labute approximate surface area is 200 Å². The van der Waals surface area contributed by atoms with Crippen molar-refractivity contribution in [3.05, 3.63) is 53.2 Å². The van der Waals surface area contributed by atoms with Crippen molar-refractivity contribution in [1.29, 1.82) is 0 Å². The van der Waals surface area contributed by atoms with Gasteiger partial charge in [0.2, 0.25) is 16.0 Å². The highest BCUT2D eigenvalue weighted by Crippen LogP contribution is 2.36. The number of nitrogens with zero attached hydrogens (tertiary/aromatic N) is 3. The van der Waals surface area contributed by atoms with Gasteiger partial charge in [-0.15, -0.1) is 0 Å². The van der Waals surface area contributed by atoms with Crippen LogP contribution in [0.2, 0.25) is 5.02 Å². The van der Waals surface area contributed by atoms with Gasteiger partial charge in [-0.2, -0.15) is 4.98 Å². The first-order valence-corrected chi connectivity index (χ1v) is 11.9. The van der Waals surface area contributed by atoms with Gasteiger partial charge in [0, 0.05) is 11.4 Å². The smallest absolute Gasteiger partial charge is 0.265 e. The van der Waals surface area contributed by atoms with E-state index in [1.807, 2.05) is 0 Å². The first-order valence-electron chi connectivity index (χ1n) is 9.99. The van der Waals surface area contributed by atoms with Gasteiger partial charge < -0.3 is 20.3 Å². The van der Waals surface area contributed by atoms with Crippen molar-refractivity contribution in [3.63, 3.8) is 0 Å². The second-order valence-corrected chi connectivity index (χ2v) is 9.31. The maximum absolute atomic E-state index is 12.9. The van der Waals surface area contributed by atoms with Gasteiger partial charge in [0.15, 0.2) is 12.4 Å². The molecule has 0 bridgehead atoms. The van der Waals surface area contributed by atoms with Crippen molar-refractivity contribution >= 4 is 56.4 Å². The summed E-state index contributed by atoms with van der Waals surface area (Å²) in [6, 6.07) is 9.64. The minimum absolute atomic E-state index is 0.0199. The third-order valence-corrected chi connectivity index (χ3v) is 6.30. The zero-order valence-electron chi connectivity index (χ0n) is 17.9. The Morgan fingerprint density at radius 1 is 1.21 bits per heavy atom. The fourth-order valence-corrected chi connectivity index (χ4v) is 4.32. The third-order valence-electron chi connectivity index (χ3n) is 4.97. The van der Waals surface area contributed by atoms with Crippen LogP contribution in [0.25, 0.3) is 0 Å². The number of carbonyl (C=O) groups is 1. The Bertz CT molecular complexity index is 1370. The second-order valence-electron chi connectivity index (χ2n) is 7.37. The molecule has 1 aliphatic heterocycles. The fourth-order valence-electron chi connectivity index (χ4n) is 3.37. The molecule has 0 radical (unpaired) electrons. The van der Waals surface area contributed by atoms with E-state index in [-0.39, 0.29) is 40.7 Å². The molecule has 1 amide bonds. The maximum Gasteiger partial charge on any atom is 0.265 e. The van der Waals surface area contributed by atoms with Gasteiger partial charge in [-0.3, -0.25) is 4.79 Å². The molecular weight excluding hydrogens is 487 g/mol. The van der Waals surface area contributed by atoms with Crippen molar-refractivity contribution < 1.29 is 22.3 Å². The summed E-state index contributed by atoms with van der Waals surface area (Å²) in [6.07, 6.45) is 1.37. The lowest BCUT2D eigenvalue weighted by molar-refractivity contribution is -0.121. The van der Waals surface area contributed by atoms with E-state index >= 15 is 0 Å². The number of nitrogens with two attached hydrogens (primary N) is 1. The number of sulfonamides is 1. The Morgan fingerprint density at radius 2 is 1.94 bits per heavy atom. The summed E-state index contributed by atoms with van der Waals surface area (Å²) in [7, 11) is -3.90. The summed E-state index contributed by atoms with van der Waals surface area (Å²) in [4.78, 5) is 21.9. The number of primary sulfonamides is 1. The highest BCUT2D eigenvalue weighted by atomic mass is 35.5. The van der Waals surface area contributed by atoms with E-state index in [1.165, 1.54) is 17.2 Å². The summed E-state index contributed by atoms with van der Waals surface area (Å²) in [5, 5.41) is 11.4. The molecule has 1 aliphatic rings. The summed E-state index contributed by atoms with van der Waals surface area (Å²) in [5.41, 5.74) is 1.87. The average molecular weight is 507 g/mol. The van der Waals surface area contributed by atoms with E-state index in [4.69, 9.17) is 21.5 Å². The molecule has 0 saturated carbocycles. The molecule has 0 unspecified atom stereocenters. The highest BCUT2D eigenvalue weighted by Gasteiger charge is 2.25. The molecule has 34 heavy (non-hydrogen) atoms. The number of carbonyl (C=O) groups excluding carboxylic acids is 1. The number of benzene rings is 2. The molecule has 0 fully saturated rings. The first-order chi connectivity index (χ1) is 16.2. The molecule has 2 aromatic carbocycles. The molecule has 0 aliphatic carbocycles. The summed E-state index contributed by atoms with van der Waals surface area (Å²) < 4.78 is 41.9. The molecule has 0 saturated heterocycles. The van der Waals surface area contributed by atoms with Crippen LogP contribution in [-0.4, -0.2) is 44.1 Å². The number of ether oxygens (including phenoxy) is 1. The van der Waals surface area contributed by atoms with Crippen LogP contribution >= 0.6 is 11.6 Å². The van der Waals surface area contributed by atoms with Crippen molar-refractivity contribution in [3.8, 4) is 5.75 Å². The zero-order valence-corrected chi connectivity index (χ0v) is 19.5. The van der Waals surface area contributed by atoms with Crippen molar-refractivity contribution in [2.24, 2.45) is 5.14 Å². The van der Waals surface area contributed by atoms with E-state index < -0.39 is 16.7 Å². The van der Waals surface area contributed by atoms with Crippen LogP contribution in [0, 0.1) is 6.92 Å². The molecule has 4 N–H and O–H groups in total. The van der Waals surface area contributed by atoms with Crippen LogP contribution < -0.4 is 25.4 Å². The Morgan fingerprint density at radius 3 is 2.68 bits per heavy atom. The minimum Gasteiger partial charge on any atom is -0.482 e. The van der Waals surface area contributed by atoms with Gasteiger partial charge in [-0.05, 0) is 42.8 Å². The normalized spacial score (nSPS) is 13.3. The number of fused-ring (bicyclic) bond motifs is 1. The van der Waals surface area contributed by atoms with Gasteiger partial charge >= 0.3 is 0 Å². The van der Waals surface area contributed by atoms with Crippen LogP contribution in [-0.2, 0) is 14.8 Å². The average Bonchev–Trinajstić information content (AvgIpc) is 2.78. The van der Waals surface area contributed by atoms with Crippen molar-refractivity contribution in [2.45, 2.75) is 11.8 Å². The standard InChI is InChI=1S/C21H20ClFN6O4S/c1-12-2-3-14(9-18(12)34(24,31)32)27-21-25-10-15(22)20(28-21)26-13-4-5-17-16(8-13)29(7-6-23)19(30)11-33-17/h2-5,8-10H,6-7,11H2,1H3,(H2,24,31,32)(H2,25,26,27,28). The lowest BCUT2D eigenvalue weighted by Gasteiger charge is -2.29. The zero-order chi connectivity index (χ0) is 24.5. The Kier molecular flexibility index (Phi) is 6.55. The second kappa shape index (κ2) is 9.41. The van der Waals surface area contributed by atoms with Crippen LogP contribution in [0.15, 0.2) is 47.5 Å². The SMILES string of the molecule is Cc1ccc(Nc2ncc(Cl)c(Nc3ccc4c(c3)N(CCF)C(=O)CO4)n2)cc1S(N)(=O)=O. The van der Waals surface area contributed by atoms with Gasteiger partial charge in [0.1, 0.15) is 17.4 Å². The van der Waals surface area contributed by atoms with Crippen LogP contribution in [0.3, 0.4) is 0 Å². The molecular formula is C21H20ClFN6O4S. The summed E-state index contributed by atoms with van der Waals surface area (Å²) >= 11 is 6.25. The number of halogens is 2. The molecule has 4 rings (SSSR count). The topological polar surface area (TPSA) is 140 Å². The molecule has 3 aromatic rings. The lowest BCUT2D eigenvalue weighted by Crippen LogP contribution is -2.40. The van der Waals surface area contributed by atoms with Crippen LogP contribution in [0.4, 0.5) is 33.2 Å². The lowest BCUT2D eigenvalue weighted by atomic mass is 10.2. The molecule has 0 atom stereocenters. The fraction of sp³-hybridized carbons (Fsp3) is 0.190. The molecule has 178 valence electrons. The van der Waals surface area contributed by atoms with E-state index in [2.05, 4.69) is 20.6 Å². The van der Waals surface area contributed by atoms with E-state index in [0.717, 1.165) is 0 Å². The van der Waals surface area contributed by atoms with E-state index in [0.29, 0.717) is 28.4 Å². The van der Waals surface area contributed by atoms with E-state index in [1.54, 1.807) is 37.3 Å². The quantitative estimate of drug-likeness (QED) is 0.443. The van der Waals surface area contributed by atoms with Crippen LogP contribution in [0.1, 0.15) is 5.56 Å². The van der Waals surface area contributed by atoms with Gasteiger partial charge in [0.05, 0.1) is 23.3 Å². The molecule has 1 aromatic heterocycles. The summed E-state index contributed by atoms with van der Waals surface area (Å²) in [6.45, 7) is 0.703. The number of amides is 1. The first kappa shape index (κ1) is 23.7. The number of nitrogens with one attached hydrogen (secondary N) is 2. The van der Waals surface area contributed by atoms with Crippen molar-refractivity contribution in [1.82, 2.24) is 9.97 Å². The number of anilines is 5. The Hall–Kier alpha value is -3.48. The third kappa shape index (κ3) is 5.03. The number of hydrogen-bond acceptors (Lipinski definition) is 8.